The van der Waals surface area contributed by atoms with Gasteiger partial charge < -0.3 is 40.0 Å². The number of hydrogen-bond donors (Lipinski definition) is 5. The Labute approximate surface area is 443 Å². The molecule has 1 amide bonds. The molecular formula is C62H108FNO9. The molecular weight excluding hydrogens is 922 g/mol. The van der Waals surface area contributed by atoms with Crippen LogP contribution in [0.3, 0.4) is 0 Å². The van der Waals surface area contributed by atoms with Crippen LogP contribution in [0.15, 0.2) is 30.3 Å². The average Bonchev–Trinajstić information content (AvgIpc) is 3.37. The van der Waals surface area contributed by atoms with Crippen molar-refractivity contribution in [1.82, 2.24) is 5.32 Å². The second kappa shape index (κ2) is 38.4. The number of hydrogen-bond acceptors (Lipinski definition) is 9. The molecule has 4 aliphatic rings. The van der Waals surface area contributed by atoms with Gasteiger partial charge in [-0.1, -0.05) is 249 Å². The Morgan fingerprint density at radius 2 is 1.07 bits per heavy atom. The molecule has 0 spiro atoms. The van der Waals surface area contributed by atoms with E-state index in [4.69, 9.17) is 14.2 Å². The Morgan fingerprint density at radius 3 is 1.55 bits per heavy atom. The summed E-state index contributed by atoms with van der Waals surface area (Å²) in [5.41, 5.74) is 0.703. The number of carbonyl (C=O) groups is 2. The summed E-state index contributed by atoms with van der Waals surface area (Å²) in [6, 6.07) is 8.79. The van der Waals surface area contributed by atoms with E-state index >= 15 is 0 Å². The van der Waals surface area contributed by atoms with Gasteiger partial charge in [0.2, 0.25) is 5.91 Å². The van der Waals surface area contributed by atoms with Crippen molar-refractivity contribution in [1.29, 1.82) is 0 Å². The van der Waals surface area contributed by atoms with E-state index in [1.54, 1.807) is 0 Å². The average molecular weight is 1030 g/mol. The fourth-order valence-corrected chi connectivity index (χ4v) is 11.9. The standard InChI is InChI=1S/C62H108FNO9/c1-2-3-4-5-6-7-8-18-21-24-27-30-36-41-53(65)52(46-72-60-59(70)58(69)57(68)54(73-60)47-71-56(67)44-43-51-39-34-33-35-40-51)64-55(66)42-37-31-28-25-22-19-16-14-12-10-9-11-13-15-17-20-23-26-29-32-38-45-61-48-62(63,49-61)50-61/h33-35,39-40,52-54,57-60,65,68-70H,2-32,36-38,41-50H2,1H3,(H,64,66)/t52-,53+,54+,57-,58-,59+,60-,61?,62?/m0/s1. The maximum absolute atomic E-state index is 13.7. The van der Waals surface area contributed by atoms with Crippen LogP contribution in [0.4, 0.5) is 4.39 Å². The van der Waals surface area contributed by atoms with Crippen molar-refractivity contribution in [3.63, 3.8) is 0 Å². The van der Waals surface area contributed by atoms with Gasteiger partial charge in [0.1, 0.15) is 36.7 Å². The number of benzene rings is 1. The molecule has 1 heterocycles. The number of nitrogens with one attached hydrogen (secondary N) is 1. The summed E-state index contributed by atoms with van der Waals surface area (Å²) >= 11 is 0. The van der Waals surface area contributed by atoms with E-state index < -0.39 is 54.5 Å². The van der Waals surface area contributed by atoms with E-state index in [0.29, 0.717) is 24.7 Å². The largest absolute Gasteiger partial charge is 0.463 e. The van der Waals surface area contributed by atoms with Gasteiger partial charge in [-0.15, -0.1) is 0 Å². The Balaban J connectivity index is 1.03. The minimum Gasteiger partial charge on any atom is -0.463 e. The number of ether oxygens (including phenoxy) is 3. The number of esters is 1. The quantitative estimate of drug-likeness (QED) is 0.0317. The molecule has 422 valence electrons. The molecule has 0 unspecified atom stereocenters. The van der Waals surface area contributed by atoms with Crippen LogP contribution < -0.4 is 5.32 Å². The van der Waals surface area contributed by atoms with Crippen LogP contribution in [0.2, 0.25) is 0 Å². The SMILES string of the molecule is CCCCCCCCCCCCCCC[C@@H](O)[C@H](CO[C@H]1O[C@H](COC(=O)CCc2ccccc2)[C@H](O)[C@H](O)[C@H]1O)NC(=O)CCCCCCCCCCCCCCCCCCCCCCCC12CC(F)(C1)C2. The van der Waals surface area contributed by atoms with Gasteiger partial charge in [0.05, 0.1) is 18.8 Å². The van der Waals surface area contributed by atoms with E-state index in [-0.39, 0.29) is 25.5 Å². The first kappa shape index (κ1) is 63.4. The van der Waals surface area contributed by atoms with Crippen LogP contribution in [0.25, 0.3) is 0 Å². The highest BCUT2D eigenvalue weighted by Crippen LogP contribution is 2.71. The predicted octanol–water partition coefficient (Wildman–Crippen LogP) is 14.2. The maximum atomic E-state index is 13.7. The molecule has 7 atom stereocenters. The highest BCUT2D eigenvalue weighted by Gasteiger charge is 2.68. The van der Waals surface area contributed by atoms with E-state index in [1.165, 1.54) is 186 Å². The predicted molar refractivity (Wildman–Crippen MR) is 293 cm³/mol. The summed E-state index contributed by atoms with van der Waals surface area (Å²) < 4.78 is 30.9. The zero-order valence-corrected chi connectivity index (χ0v) is 46.2. The number of unbranched alkanes of at least 4 members (excludes halogenated alkanes) is 32. The molecule has 1 aromatic rings. The van der Waals surface area contributed by atoms with Crippen molar-refractivity contribution in [2.24, 2.45) is 5.41 Å². The maximum Gasteiger partial charge on any atom is 0.306 e. The summed E-state index contributed by atoms with van der Waals surface area (Å²) in [7, 11) is 0. The molecule has 1 aromatic carbocycles. The van der Waals surface area contributed by atoms with Crippen molar-refractivity contribution >= 4 is 11.9 Å². The molecule has 11 heteroatoms. The third-order valence-corrected chi connectivity index (χ3v) is 16.6. The normalized spacial score (nSPS) is 24.2. The lowest BCUT2D eigenvalue weighted by Gasteiger charge is -2.66. The van der Waals surface area contributed by atoms with Crippen LogP contribution in [-0.4, -0.2) is 94.0 Å². The number of alkyl halides is 1. The van der Waals surface area contributed by atoms with Crippen LogP contribution in [0.5, 0.6) is 0 Å². The molecule has 3 saturated carbocycles. The van der Waals surface area contributed by atoms with Gasteiger partial charge in [-0.3, -0.25) is 9.59 Å². The van der Waals surface area contributed by atoms with Crippen LogP contribution in [0, 0.1) is 5.41 Å². The first-order valence-corrected chi connectivity index (χ1v) is 30.7. The minimum absolute atomic E-state index is 0.131. The fraction of sp³-hybridized carbons (Fsp3) is 0.871. The Morgan fingerprint density at radius 1 is 0.616 bits per heavy atom. The molecule has 1 aliphatic heterocycles. The number of rotatable bonds is 48. The number of aryl methyl sites for hydroxylation is 1. The molecule has 5 rings (SSSR count). The molecule has 1 saturated heterocycles. The monoisotopic (exact) mass is 1030 g/mol. The topological polar surface area (TPSA) is 155 Å². The summed E-state index contributed by atoms with van der Waals surface area (Å²) in [5.74, 6) is -0.643. The summed E-state index contributed by atoms with van der Waals surface area (Å²) in [6.45, 7) is 1.74. The highest BCUT2D eigenvalue weighted by molar-refractivity contribution is 5.76. The van der Waals surface area contributed by atoms with Crippen LogP contribution in [0.1, 0.15) is 276 Å². The highest BCUT2D eigenvalue weighted by atomic mass is 19.1. The fourth-order valence-electron chi connectivity index (χ4n) is 11.9. The molecule has 73 heavy (non-hydrogen) atoms. The Bertz CT molecular complexity index is 1510. The lowest BCUT2D eigenvalue weighted by molar-refractivity contribution is -0.303. The lowest BCUT2D eigenvalue weighted by atomic mass is 9.41. The van der Waals surface area contributed by atoms with Gasteiger partial charge in [-0.05, 0) is 55.9 Å². The number of halogens is 1. The van der Waals surface area contributed by atoms with Crippen molar-refractivity contribution < 1.29 is 48.6 Å². The second-order valence-corrected chi connectivity index (χ2v) is 23.4. The van der Waals surface area contributed by atoms with Crippen molar-refractivity contribution in [3.05, 3.63) is 35.9 Å². The van der Waals surface area contributed by atoms with Gasteiger partial charge in [0.25, 0.3) is 0 Å². The van der Waals surface area contributed by atoms with Crippen molar-refractivity contribution in [2.45, 2.75) is 325 Å². The first-order valence-electron chi connectivity index (χ1n) is 30.7. The number of aliphatic hydroxyl groups is 4. The third-order valence-electron chi connectivity index (χ3n) is 16.6. The molecule has 10 nitrogen and oxygen atoms in total. The van der Waals surface area contributed by atoms with Crippen LogP contribution in [-0.2, 0) is 30.2 Å². The lowest BCUT2D eigenvalue weighted by Crippen LogP contribution is -2.64. The number of aliphatic hydroxyl groups excluding tert-OH is 4. The van der Waals surface area contributed by atoms with Crippen LogP contribution >= 0.6 is 0 Å². The molecule has 4 fully saturated rings. The molecule has 0 radical (unpaired) electrons. The van der Waals surface area contributed by atoms with Gasteiger partial charge in [0, 0.05) is 12.8 Å². The Hall–Kier alpha value is -2.15. The summed E-state index contributed by atoms with van der Waals surface area (Å²) in [6.07, 6.45) is 40.0. The smallest absolute Gasteiger partial charge is 0.306 e. The summed E-state index contributed by atoms with van der Waals surface area (Å²) in [4.78, 5) is 25.8. The number of carbonyl (C=O) groups excluding carboxylic acids is 2. The first-order chi connectivity index (χ1) is 35.5. The number of amides is 1. The van der Waals surface area contributed by atoms with Gasteiger partial charge in [-0.25, -0.2) is 4.39 Å². The van der Waals surface area contributed by atoms with E-state index in [1.807, 2.05) is 30.3 Å². The van der Waals surface area contributed by atoms with E-state index in [2.05, 4.69) is 12.2 Å². The zero-order valence-electron chi connectivity index (χ0n) is 46.2. The molecule has 5 N–H and O–H groups in total. The third kappa shape index (κ3) is 27.1. The minimum atomic E-state index is -1.62. The molecule has 3 aliphatic carbocycles. The summed E-state index contributed by atoms with van der Waals surface area (Å²) in [5, 5.41) is 46.6. The molecule has 2 bridgehead atoms. The van der Waals surface area contributed by atoms with Gasteiger partial charge in [0.15, 0.2) is 6.29 Å². The van der Waals surface area contributed by atoms with Gasteiger partial charge >= 0.3 is 5.97 Å². The second-order valence-electron chi connectivity index (χ2n) is 23.4. The molecule has 0 aromatic heterocycles. The van der Waals surface area contributed by atoms with Crippen molar-refractivity contribution in [2.75, 3.05) is 13.2 Å². The van der Waals surface area contributed by atoms with E-state index in [9.17, 15) is 34.4 Å². The zero-order chi connectivity index (χ0) is 52.3. The van der Waals surface area contributed by atoms with Gasteiger partial charge in [-0.2, -0.15) is 0 Å². The van der Waals surface area contributed by atoms with Crippen molar-refractivity contribution in [3.8, 4) is 0 Å². The van der Waals surface area contributed by atoms with E-state index in [0.717, 1.165) is 63.4 Å². The Kier molecular flexibility index (Phi) is 33.3.